The summed E-state index contributed by atoms with van der Waals surface area (Å²) in [5.74, 6) is -0.652. The molecule has 0 aliphatic heterocycles. The van der Waals surface area contributed by atoms with E-state index < -0.39 is 16.4 Å². The molecule has 0 aliphatic rings. The van der Waals surface area contributed by atoms with Crippen molar-refractivity contribution in [3.05, 3.63) is 76.9 Å². The van der Waals surface area contributed by atoms with Gasteiger partial charge in [0.25, 0.3) is 0 Å². The predicted molar refractivity (Wildman–Crippen MR) is 128 cm³/mol. The van der Waals surface area contributed by atoms with Gasteiger partial charge < -0.3 is 10.3 Å². The quantitative estimate of drug-likeness (QED) is 0.154. The van der Waals surface area contributed by atoms with Crippen LogP contribution in [-0.4, -0.2) is 23.8 Å². The molecule has 3 aromatic heterocycles. The van der Waals surface area contributed by atoms with Crippen molar-refractivity contribution in [1.29, 1.82) is 0 Å². The molecule has 11 heteroatoms. The number of H-pyrrole nitrogens is 1. The number of nitro groups is 1. The lowest BCUT2D eigenvalue weighted by molar-refractivity contribution is -0.387. The first kappa shape index (κ1) is 19.8. The average Bonchev–Trinajstić information content (AvgIpc) is 3.38. The Morgan fingerprint density at radius 2 is 2.00 bits per heavy atom. The highest BCUT2D eigenvalue weighted by Crippen LogP contribution is 2.35. The molecule has 0 aliphatic carbocycles. The van der Waals surface area contributed by atoms with Gasteiger partial charge in [0.2, 0.25) is 11.8 Å². The zero-order valence-electron chi connectivity index (χ0n) is 15.5. The number of rotatable bonds is 5. The van der Waals surface area contributed by atoms with Gasteiger partial charge in [-0.15, -0.1) is 0 Å². The normalized spacial score (nSPS) is 11.3. The molecule has 0 saturated heterocycles. The number of hydrogen-bond acceptors (Lipinski definition) is 6. The fourth-order valence-electron chi connectivity index (χ4n) is 3.44. The van der Waals surface area contributed by atoms with E-state index in [0.29, 0.717) is 17.0 Å². The molecule has 5 rings (SSSR count). The molecule has 5 aromatic rings. The van der Waals surface area contributed by atoms with Gasteiger partial charge in [-0.3, -0.25) is 14.1 Å². The number of halogens is 2. The van der Waals surface area contributed by atoms with Crippen LogP contribution in [0, 0.1) is 15.9 Å². The molecule has 0 fully saturated rings. The molecule has 0 saturated carbocycles. The van der Waals surface area contributed by atoms with Crippen molar-refractivity contribution in [2.75, 3.05) is 5.32 Å². The number of nitrogens with one attached hydrogen (secondary N) is 2. The van der Waals surface area contributed by atoms with Gasteiger partial charge in [0.1, 0.15) is 0 Å². The highest BCUT2D eigenvalue weighted by Gasteiger charge is 2.18. The topological polar surface area (TPSA) is 102 Å². The Labute approximate surface area is 190 Å². The second-order valence-corrected chi connectivity index (χ2v) is 8.35. The van der Waals surface area contributed by atoms with Crippen molar-refractivity contribution >= 4 is 69.6 Å². The summed E-state index contributed by atoms with van der Waals surface area (Å²) in [7, 11) is 1.46. The van der Waals surface area contributed by atoms with Crippen molar-refractivity contribution < 1.29 is 9.31 Å². The molecule has 0 bridgehead atoms. The van der Waals surface area contributed by atoms with Gasteiger partial charge in [0.15, 0.2) is 5.65 Å². The Morgan fingerprint density at radius 1 is 1.16 bits per heavy atom. The van der Waals surface area contributed by atoms with Crippen molar-refractivity contribution in [3.8, 4) is 11.3 Å². The third kappa shape index (κ3) is 3.49. The van der Waals surface area contributed by atoms with Gasteiger partial charge in [-0.1, -0.05) is 18.2 Å². The maximum atomic E-state index is 13.7. The Balaban J connectivity index is 1.68. The minimum absolute atomic E-state index is 0.249. The van der Waals surface area contributed by atoms with Crippen molar-refractivity contribution in [2.24, 2.45) is 0 Å². The van der Waals surface area contributed by atoms with E-state index in [2.05, 4.69) is 36.5 Å². The van der Waals surface area contributed by atoms with Crippen LogP contribution in [-0.2, 0) is 0 Å². The SMILES string of the molecule is O=[N+]([O-])c1cc(Nc2nc(-c3c[nH]c4ccccc34)c3ccn(SI)c3n2)ccc1F. The van der Waals surface area contributed by atoms with Crippen LogP contribution in [0.1, 0.15) is 0 Å². The number of hydrogen-bond donors (Lipinski definition) is 2. The average molecular weight is 546 g/mol. The first-order valence-corrected chi connectivity index (χ1v) is 12.3. The monoisotopic (exact) mass is 546 g/mol. The zero-order valence-corrected chi connectivity index (χ0v) is 18.5. The minimum atomic E-state index is -0.901. The zero-order chi connectivity index (χ0) is 21.5. The molecular formula is C20H12FIN6O2S. The largest absolute Gasteiger partial charge is 0.360 e. The third-order valence-corrected chi connectivity index (χ3v) is 6.55. The van der Waals surface area contributed by atoms with Gasteiger partial charge in [0.05, 0.1) is 10.6 Å². The smallest absolute Gasteiger partial charge is 0.306 e. The molecule has 0 unspecified atom stereocenters. The molecular weight excluding hydrogens is 534 g/mol. The predicted octanol–water partition coefficient (Wildman–Crippen LogP) is 6.22. The highest BCUT2D eigenvalue weighted by molar-refractivity contribution is 14.2. The van der Waals surface area contributed by atoms with Crippen LogP contribution in [0.5, 0.6) is 0 Å². The summed E-state index contributed by atoms with van der Waals surface area (Å²) >= 11 is 2.16. The third-order valence-electron chi connectivity index (χ3n) is 4.83. The van der Waals surface area contributed by atoms with Crippen LogP contribution < -0.4 is 5.32 Å². The van der Waals surface area contributed by atoms with E-state index in [-0.39, 0.29) is 5.95 Å². The van der Waals surface area contributed by atoms with Gasteiger partial charge in [0, 0.05) is 76.3 Å². The number of fused-ring (bicyclic) bond motifs is 2. The van der Waals surface area contributed by atoms with Crippen LogP contribution in [0.15, 0.2) is 60.9 Å². The van der Waals surface area contributed by atoms with E-state index in [9.17, 15) is 14.5 Å². The van der Waals surface area contributed by atoms with Gasteiger partial charge in [-0.2, -0.15) is 9.37 Å². The number of benzene rings is 2. The molecule has 0 spiro atoms. The van der Waals surface area contributed by atoms with E-state index in [1.165, 1.54) is 15.2 Å². The lowest BCUT2D eigenvalue weighted by atomic mass is 10.1. The molecule has 154 valence electrons. The fraction of sp³-hybridized carbons (Fsp3) is 0. The molecule has 2 N–H and O–H groups in total. The fourth-order valence-corrected chi connectivity index (χ4v) is 4.70. The van der Waals surface area contributed by atoms with E-state index in [1.54, 1.807) is 0 Å². The summed E-state index contributed by atoms with van der Waals surface area (Å²) in [6, 6.07) is 13.4. The van der Waals surface area contributed by atoms with Gasteiger partial charge >= 0.3 is 5.69 Å². The minimum Gasteiger partial charge on any atom is -0.360 e. The van der Waals surface area contributed by atoms with Crippen molar-refractivity contribution in [1.82, 2.24) is 18.9 Å². The summed E-state index contributed by atoms with van der Waals surface area (Å²) in [6.07, 6.45) is 3.80. The van der Waals surface area contributed by atoms with Crippen molar-refractivity contribution in [3.63, 3.8) is 0 Å². The van der Waals surface area contributed by atoms with E-state index >= 15 is 0 Å². The Bertz CT molecular complexity index is 1470. The van der Waals surface area contributed by atoms with Gasteiger partial charge in [-0.25, -0.2) is 4.98 Å². The Morgan fingerprint density at radius 3 is 2.81 bits per heavy atom. The summed E-state index contributed by atoms with van der Waals surface area (Å²) in [5, 5.41) is 15.9. The molecule has 2 aromatic carbocycles. The number of anilines is 2. The second kappa shape index (κ2) is 7.81. The molecule has 31 heavy (non-hydrogen) atoms. The van der Waals surface area contributed by atoms with Crippen LogP contribution >= 0.6 is 30.3 Å². The number of aromatic nitrogens is 4. The Hall–Kier alpha value is -3.19. The molecule has 3 heterocycles. The summed E-state index contributed by atoms with van der Waals surface area (Å²) in [5.41, 5.74) is 2.99. The molecule has 0 radical (unpaired) electrons. The van der Waals surface area contributed by atoms with Crippen LogP contribution in [0.25, 0.3) is 33.2 Å². The number of aromatic amines is 1. The van der Waals surface area contributed by atoms with Crippen molar-refractivity contribution in [2.45, 2.75) is 0 Å². The summed E-state index contributed by atoms with van der Waals surface area (Å²) in [6.45, 7) is 0. The lowest BCUT2D eigenvalue weighted by Gasteiger charge is -2.09. The standard InChI is InChI=1S/C20H12FIN6O2S/c21-15-6-5-11(9-17(15)28(29)30)24-20-25-18(13-7-8-27(31-22)19(13)26-20)14-10-23-16-4-2-1-3-12(14)16/h1-10,23H,(H,24,25,26). The van der Waals surface area contributed by atoms with Crippen LogP contribution in [0.4, 0.5) is 21.7 Å². The maximum Gasteiger partial charge on any atom is 0.306 e. The number of para-hydroxylation sites is 1. The maximum absolute atomic E-state index is 13.7. The number of nitrogens with zero attached hydrogens (tertiary/aromatic N) is 4. The lowest BCUT2D eigenvalue weighted by Crippen LogP contribution is -2.01. The Kier molecular flexibility index (Phi) is 4.98. The number of nitro benzene ring substituents is 1. The first-order valence-electron chi connectivity index (χ1n) is 9.01. The van der Waals surface area contributed by atoms with Crippen LogP contribution in [0.2, 0.25) is 0 Å². The van der Waals surface area contributed by atoms with E-state index in [1.807, 2.05) is 46.7 Å². The summed E-state index contributed by atoms with van der Waals surface area (Å²) in [4.78, 5) is 22.9. The van der Waals surface area contributed by atoms with E-state index in [4.69, 9.17) is 4.98 Å². The molecule has 0 atom stereocenters. The van der Waals surface area contributed by atoms with Gasteiger partial charge in [-0.05, 0) is 24.3 Å². The van der Waals surface area contributed by atoms with Crippen LogP contribution in [0.3, 0.4) is 0 Å². The second-order valence-electron chi connectivity index (χ2n) is 6.64. The first-order chi connectivity index (χ1) is 15.0. The summed E-state index contributed by atoms with van der Waals surface area (Å²) < 4.78 is 15.6. The van der Waals surface area contributed by atoms with E-state index in [0.717, 1.165) is 34.0 Å². The molecule has 8 nitrogen and oxygen atoms in total. The highest BCUT2D eigenvalue weighted by atomic mass is 127. The molecule has 0 amide bonds.